The van der Waals surface area contributed by atoms with Gasteiger partial charge in [-0.3, -0.25) is 0 Å². The second kappa shape index (κ2) is 6.54. The van der Waals surface area contributed by atoms with Gasteiger partial charge in [0.15, 0.2) is 0 Å². The molecule has 0 atom stereocenters. The fourth-order valence-corrected chi connectivity index (χ4v) is 3.81. The van der Waals surface area contributed by atoms with Crippen molar-refractivity contribution in [1.29, 1.82) is 0 Å². The zero-order valence-corrected chi connectivity index (χ0v) is 13.0. The van der Waals surface area contributed by atoms with Crippen molar-refractivity contribution < 1.29 is 8.42 Å². The van der Waals surface area contributed by atoms with Crippen molar-refractivity contribution in [2.45, 2.75) is 57.0 Å². The predicted molar refractivity (Wildman–Crippen MR) is 77.5 cm³/mol. The molecule has 0 fully saturated rings. The summed E-state index contributed by atoms with van der Waals surface area (Å²) in [5.74, 6) is 0. The van der Waals surface area contributed by atoms with E-state index in [2.05, 4.69) is 15.0 Å². The Hall–Kier alpha value is -0.850. The molecule has 0 aliphatic heterocycles. The minimum absolute atomic E-state index is 0.303. The molecule has 5 nitrogen and oxygen atoms in total. The number of nitrogens with one attached hydrogen (secondary N) is 3. The van der Waals surface area contributed by atoms with E-state index in [-0.39, 0.29) is 5.54 Å². The molecule has 0 bridgehead atoms. The Labute approximate surface area is 116 Å². The fourth-order valence-electron chi connectivity index (χ4n) is 2.18. The fraction of sp³-hybridized carbons (Fsp3) is 0.692. The van der Waals surface area contributed by atoms with E-state index in [1.54, 1.807) is 12.3 Å². The largest absolute Gasteiger partial charge is 0.363 e. The third kappa shape index (κ3) is 3.81. The molecule has 0 saturated heterocycles. The molecule has 0 saturated carbocycles. The first-order valence-corrected chi connectivity index (χ1v) is 8.27. The molecule has 0 aliphatic carbocycles. The van der Waals surface area contributed by atoms with Crippen LogP contribution in [0.25, 0.3) is 0 Å². The Bertz CT molecular complexity index is 481. The zero-order chi connectivity index (χ0) is 14.5. The van der Waals surface area contributed by atoms with Gasteiger partial charge >= 0.3 is 0 Å². The Balaban J connectivity index is 2.96. The summed E-state index contributed by atoms with van der Waals surface area (Å²) in [4.78, 5) is 3.27. The predicted octanol–water partition coefficient (Wildman–Crippen LogP) is 1.98. The van der Waals surface area contributed by atoms with Gasteiger partial charge in [-0.05, 0) is 32.4 Å². The Kier molecular flexibility index (Phi) is 5.58. The highest BCUT2D eigenvalue weighted by Crippen LogP contribution is 2.23. The molecule has 0 amide bonds. The van der Waals surface area contributed by atoms with Crippen LogP contribution in [0.2, 0.25) is 0 Å². The zero-order valence-electron chi connectivity index (χ0n) is 12.2. The van der Waals surface area contributed by atoms with Crippen LogP contribution in [0.15, 0.2) is 17.2 Å². The van der Waals surface area contributed by atoms with Crippen LogP contribution in [0.1, 0.15) is 45.7 Å². The lowest BCUT2D eigenvalue weighted by molar-refractivity contribution is 0.341. The first kappa shape index (κ1) is 16.2. The van der Waals surface area contributed by atoms with Crippen LogP contribution < -0.4 is 10.0 Å². The Morgan fingerprint density at radius 1 is 1.21 bits per heavy atom. The van der Waals surface area contributed by atoms with E-state index in [1.165, 1.54) is 0 Å². The van der Waals surface area contributed by atoms with Crippen molar-refractivity contribution in [1.82, 2.24) is 15.0 Å². The molecule has 1 aromatic heterocycles. The Morgan fingerprint density at radius 2 is 1.79 bits per heavy atom. The molecular formula is C13H25N3O2S. The standard InChI is InChI=1S/C13H25N3O2S/c1-5-13(6-2,7-3)16-19(17,18)12-8-11(9-14-4)15-10-12/h8,10,14-16H,5-7,9H2,1-4H3. The summed E-state index contributed by atoms with van der Waals surface area (Å²) < 4.78 is 27.6. The van der Waals surface area contributed by atoms with Crippen molar-refractivity contribution in [2.75, 3.05) is 7.05 Å². The summed E-state index contributed by atoms with van der Waals surface area (Å²) in [6, 6.07) is 1.67. The van der Waals surface area contributed by atoms with Crippen LogP contribution >= 0.6 is 0 Å². The average Bonchev–Trinajstić information content (AvgIpc) is 2.86. The van der Waals surface area contributed by atoms with Crippen LogP contribution in [0.3, 0.4) is 0 Å². The number of hydrogen-bond acceptors (Lipinski definition) is 3. The quantitative estimate of drug-likeness (QED) is 0.684. The van der Waals surface area contributed by atoms with E-state index < -0.39 is 10.0 Å². The van der Waals surface area contributed by atoms with E-state index in [4.69, 9.17) is 0 Å². The SMILES string of the molecule is CCC(CC)(CC)NS(=O)(=O)c1c[nH]c(CNC)c1. The van der Waals surface area contributed by atoms with E-state index >= 15 is 0 Å². The highest BCUT2D eigenvalue weighted by molar-refractivity contribution is 7.89. The van der Waals surface area contributed by atoms with Crippen LogP contribution in [0.4, 0.5) is 0 Å². The van der Waals surface area contributed by atoms with Crippen LogP contribution in [-0.2, 0) is 16.6 Å². The molecular weight excluding hydrogens is 262 g/mol. The van der Waals surface area contributed by atoms with Gasteiger partial charge in [-0.2, -0.15) is 0 Å². The number of sulfonamides is 1. The first-order valence-electron chi connectivity index (χ1n) is 6.79. The van der Waals surface area contributed by atoms with Gasteiger partial charge in [0.1, 0.15) is 0 Å². The monoisotopic (exact) mass is 287 g/mol. The maximum Gasteiger partial charge on any atom is 0.242 e. The highest BCUT2D eigenvalue weighted by Gasteiger charge is 2.30. The summed E-state index contributed by atoms with van der Waals surface area (Å²) in [5.41, 5.74) is 0.511. The molecule has 3 N–H and O–H groups in total. The highest BCUT2D eigenvalue weighted by atomic mass is 32.2. The maximum atomic E-state index is 12.4. The summed E-state index contributed by atoms with van der Waals surface area (Å²) in [7, 11) is -1.64. The molecule has 0 aliphatic rings. The third-order valence-electron chi connectivity index (χ3n) is 3.78. The number of H-pyrrole nitrogens is 1. The van der Waals surface area contributed by atoms with Gasteiger partial charge < -0.3 is 10.3 Å². The minimum atomic E-state index is -3.46. The second-order valence-electron chi connectivity index (χ2n) is 4.84. The molecule has 1 aromatic rings. The molecule has 6 heteroatoms. The number of rotatable bonds is 8. The van der Waals surface area contributed by atoms with Crippen molar-refractivity contribution in [2.24, 2.45) is 0 Å². The molecule has 0 aromatic carbocycles. The van der Waals surface area contributed by atoms with Crippen molar-refractivity contribution >= 4 is 10.0 Å². The molecule has 1 heterocycles. The molecule has 0 radical (unpaired) electrons. The number of aromatic nitrogens is 1. The van der Waals surface area contributed by atoms with E-state index in [9.17, 15) is 8.42 Å². The summed E-state index contributed by atoms with van der Waals surface area (Å²) in [6.07, 6.45) is 3.90. The van der Waals surface area contributed by atoms with Crippen LogP contribution in [0, 0.1) is 0 Å². The van der Waals surface area contributed by atoms with Crippen molar-refractivity contribution in [3.63, 3.8) is 0 Å². The second-order valence-corrected chi connectivity index (χ2v) is 6.52. The van der Waals surface area contributed by atoms with E-state index in [0.717, 1.165) is 25.0 Å². The average molecular weight is 287 g/mol. The Morgan fingerprint density at radius 3 is 2.26 bits per heavy atom. The van der Waals surface area contributed by atoms with Gasteiger partial charge in [-0.15, -0.1) is 0 Å². The molecule has 0 spiro atoms. The van der Waals surface area contributed by atoms with Gasteiger partial charge in [-0.1, -0.05) is 20.8 Å². The van der Waals surface area contributed by atoms with Gasteiger partial charge in [0.25, 0.3) is 0 Å². The molecule has 0 unspecified atom stereocenters. The summed E-state index contributed by atoms with van der Waals surface area (Å²) >= 11 is 0. The first-order chi connectivity index (χ1) is 8.93. The van der Waals surface area contributed by atoms with Crippen molar-refractivity contribution in [3.05, 3.63) is 18.0 Å². The number of aromatic amines is 1. The van der Waals surface area contributed by atoms with Crippen molar-refractivity contribution in [3.8, 4) is 0 Å². The van der Waals surface area contributed by atoms with Gasteiger partial charge in [0, 0.05) is 24.0 Å². The lowest BCUT2D eigenvalue weighted by atomic mass is 9.91. The van der Waals surface area contributed by atoms with Gasteiger partial charge in [-0.25, -0.2) is 13.1 Å². The topological polar surface area (TPSA) is 74.0 Å². The smallest absolute Gasteiger partial charge is 0.242 e. The van der Waals surface area contributed by atoms with Gasteiger partial charge in [0.2, 0.25) is 10.0 Å². The lowest BCUT2D eigenvalue weighted by Gasteiger charge is -2.31. The third-order valence-corrected chi connectivity index (χ3v) is 5.33. The molecule has 110 valence electrons. The number of hydrogen-bond donors (Lipinski definition) is 3. The summed E-state index contributed by atoms with van der Waals surface area (Å²) in [5, 5.41) is 2.98. The molecule has 19 heavy (non-hydrogen) atoms. The van der Waals surface area contributed by atoms with Crippen LogP contribution in [-0.4, -0.2) is 26.0 Å². The minimum Gasteiger partial charge on any atom is -0.363 e. The lowest BCUT2D eigenvalue weighted by Crippen LogP contribution is -2.46. The maximum absolute atomic E-state index is 12.4. The normalized spacial score (nSPS) is 12.8. The van der Waals surface area contributed by atoms with E-state index in [1.807, 2.05) is 27.8 Å². The van der Waals surface area contributed by atoms with Gasteiger partial charge in [0.05, 0.1) is 4.90 Å². The summed E-state index contributed by atoms with van der Waals surface area (Å²) in [6.45, 7) is 6.66. The van der Waals surface area contributed by atoms with Crippen LogP contribution in [0.5, 0.6) is 0 Å². The molecule has 1 rings (SSSR count). The van der Waals surface area contributed by atoms with E-state index in [0.29, 0.717) is 11.4 Å².